The number of ether oxygens (including phenoxy) is 1. The van der Waals surface area contributed by atoms with Crippen molar-refractivity contribution in [2.24, 2.45) is 0 Å². The molecular formula is C19H19FN4O3S. The van der Waals surface area contributed by atoms with E-state index in [-0.39, 0.29) is 35.7 Å². The molecule has 1 unspecified atom stereocenters. The van der Waals surface area contributed by atoms with Crippen molar-refractivity contribution in [1.29, 1.82) is 5.41 Å². The lowest BCUT2D eigenvalue weighted by atomic mass is 10.2. The number of hydrogen-bond donors (Lipinski definition) is 5. The van der Waals surface area contributed by atoms with Gasteiger partial charge in [-0.3, -0.25) is 5.41 Å². The van der Waals surface area contributed by atoms with Gasteiger partial charge in [0.1, 0.15) is 33.7 Å². The molecule has 0 radical (unpaired) electrons. The minimum absolute atomic E-state index is 0.0404. The van der Waals surface area contributed by atoms with Crippen LogP contribution in [0.25, 0.3) is 0 Å². The summed E-state index contributed by atoms with van der Waals surface area (Å²) in [6.45, 7) is 1.58. The van der Waals surface area contributed by atoms with Crippen LogP contribution in [0.4, 0.5) is 15.1 Å². The number of anilines is 2. The monoisotopic (exact) mass is 402 g/mol. The van der Waals surface area contributed by atoms with Crippen molar-refractivity contribution in [3.05, 3.63) is 59.9 Å². The molecule has 146 valence electrons. The average molecular weight is 402 g/mol. The van der Waals surface area contributed by atoms with E-state index in [0.29, 0.717) is 22.2 Å². The second kappa shape index (κ2) is 8.68. The van der Waals surface area contributed by atoms with Crippen LogP contribution < -0.4 is 15.4 Å². The maximum absolute atomic E-state index is 13.2. The summed E-state index contributed by atoms with van der Waals surface area (Å²) in [4.78, 5) is 0. The normalized spacial score (nSPS) is 11.7. The van der Waals surface area contributed by atoms with Crippen molar-refractivity contribution in [2.75, 3.05) is 11.9 Å². The molecule has 1 aromatic heterocycles. The summed E-state index contributed by atoms with van der Waals surface area (Å²) in [6.07, 6.45) is 0. The molecule has 3 aromatic rings. The van der Waals surface area contributed by atoms with Crippen LogP contribution in [0.1, 0.15) is 12.5 Å². The quantitative estimate of drug-likeness (QED) is 0.304. The third-order valence-corrected chi connectivity index (χ3v) is 4.49. The molecule has 5 N–H and O–H groups in total. The summed E-state index contributed by atoms with van der Waals surface area (Å²) in [5, 5.41) is 33.6. The van der Waals surface area contributed by atoms with Crippen molar-refractivity contribution < 1.29 is 19.3 Å². The van der Waals surface area contributed by atoms with Gasteiger partial charge in [-0.25, -0.2) is 4.39 Å². The van der Waals surface area contributed by atoms with Crippen LogP contribution in [0.15, 0.2) is 48.5 Å². The molecule has 0 saturated carbocycles. The molecule has 2 aromatic carbocycles. The number of nitrogens with one attached hydrogen (secondary N) is 3. The topological polar surface area (TPSA) is 110 Å². The highest BCUT2D eigenvalue weighted by atomic mass is 32.1. The van der Waals surface area contributed by atoms with E-state index in [1.807, 2.05) is 0 Å². The molecule has 0 aliphatic carbocycles. The Morgan fingerprint density at radius 3 is 2.68 bits per heavy atom. The molecule has 0 spiro atoms. The highest BCUT2D eigenvalue weighted by molar-refractivity contribution is 7.11. The second-order valence-corrected chi connectivity index (χ2v) is 6.80. The zero-order valence-electron chi connectivity index (χ0n) is 14.9. The van der Waals surface area contributed by atoms with Gasteiger partial charge in [-0.1, -0.05) is 6.07 Å². The number of aromatic hydroxyl groups is 1. The molecule has 0 aliphatic heterocycles. The Morgan fingerprint density at radius 1 is 1.25 bits per heavy atom. The predicted molar refractivity (Wildman–Crippen MR) is 106 cm³/mol. The third-order valence-electron chi connectivity index (χ3n) is 3.73. The fraction of sp³-hybridized carbons (Fsp3) is 0.158. The Hall–Kier alpha value is -3.17. The minimum atomic E-state index is -0.375. The van der Waals surface area contributed by atoms with E-state index in [1.54, 1.807) is 43.3 Å². The summed E-state index contributed by atoms with van der Waals surface area (Å²) in [6, 6.07) is 12.5. The van der Waals surface area contributed by atoms with Gasteiger partial charge in [0, 0.05) is 17.8 Å². The molecular weight excluding hydrogens is 383 g/mol. The number of rotatable bonds is 7. The standard InChI is InChI=1S/C19H19FN4O3S/c1-11(10-25)22-17(21)16-18(26)24-28-19(16)23-13-5-7-14(8-6-13)27-15-4-2-3-12(20)9-15/h2-9,11,23,25H,10H2,1H3,(H2,21,22)(H,24,26). The number of halogens is 1. The summed E-state index contributed by atoms with van der Waals surface area (Å²) in [5.41, 5.74) is 0.921. The lowest BCUT2D eigenvalue weighted by molar-refractivity contribution is 0.264. The lowest BCUT2D eigenvalue weighted by Crippen LogP contribution is -2.35. The highest BCUT2D eigenvalue weighted by Gasteiger charge is 2.19. The Morgan fingerprint density at radius 2 is 2.00 bits per heavy atom. The third kappa shape index (κ3) is 4.76. The van der Waals surface area contributed by atoms with Crippen molar-refractivity contribution >= 4 is 28.1 Å². The molecule has 28 heavy (non-hydrogen) atoms. The molecule has 0 amide bonds. The van der Waals surface area contributed by atoms with E-state index >= 15 is 0 Å². The molecule has 0 bridgehead atoms. The zero-order chi connectivity index (χ0) is 20.1. The van der Waals surface area contributed by atoms with E-state index < -0.39 is 0 Å². The van der Waals surface area contributed by atoms with Gasteiger partial charge in [0.05, 0.1) is 6.61 Å². The van der Waals surface area contributed by atoms with Crippen molar-refractivity contribution in [2.45, 2.75) is 13.0 Å². The minimum Gasteiger partial charge on any atom is -0.492 e. The largest absolute Gasteiger partial charge is 0.492 e. The summed E-state index contributed by atoms with van der Waals surface area (Å²) in [7, 11) is 0. The number of aromatic nitrogens is 1. The summed E-state index contributed by atoms with van der Waals surface area (Å²) < 4.78 is 22.7. The Bertz CT molecular complexity index is 962. The van der Waals surface area contributed by atoms with Gasteiger partial charge in [0.25, 0.3) is 0 Å². The van der Waals surface area contributed by atoms with Gasteiger partial charge in [0.15, 0.2) is 0 Å². The van der Waals surface area contributed by atoms with Crippen molar-refractivity contribution in [1.82, 2.24) is 9.69 Å². The Kier molecular flexibility index (Phi) is 6.07. The lowest BCUT2D eigenvalue weighted by Gasteiger charge is -2.14. The first-order chi connectivity index (χ1) is 13.5. The van der Waals surface area contributed by atoms with E-state index in [2.05, 4.69) is 15.0 Å². The molecule has 0 aliphatic rings. The van der Waals surface area contributed by atoms with Crippen LogP contribution in [0.2, 0.25) is 0 Å². The maximum atomic E-state index is 13.2. The van der Waals surface area contributed by atoms with Crippen molar-refractivity contribution in [3.8, 4) is 17.4 Å². The summed E-state index contributed by atoms with van der Waals surface area (Å²) >= 11 is 1.02. The number of hydrogen-bond acceptors (Lipinski definition) is 7. The zero-order valence-corrected chi connectivity index (χ0v) is 15.8. The van der Waals surface area contributed by atoms with Gasteiger partial charge < -0.3 is 25.6 Å². The predicted octanol–water partition coefficient (Wildman–Crippen LogP) is 3.82. The number of aliphatic hydroxyl groups excluding tert-OH is 1. The van der Waals surface area contributed by atoms with Crippen molar-refractivity contribution in [3.63, 3.8) is 0 Å². The van der Waals surface area contributed by atoms with E-state index in [0.717, 1.165) is 11.5 Å². The first-order valence-corrected chi connectivity index (χ1v) is 9.19. The number of nitrogens with zero attached hydrogens (tertiary/aromatic N) is 1. The maximum Gasteiger partial charge on any atom is 0.236 e. The highest BCUT2D eigenvalue weighted by Crippen LogP contribution is 2.33. The second-order valence-electron chi connectivity index (χ2n) is 6.02. The van der Waals surface area contributed by atoms with E-state index in [1.165, 1.54) is 12.1 Å². The number of benzene rings is 2. The Labute approximate surface area is 165 Å². The first kappa shape index (κ1) is 19.6. The van der Waals surface area contributed by atoms with E-state index in [4.69, 9.17) is 15.3 Å². The fourth-order valence-electron chi connectivity index (χ4n) is 2.36. The van der Waals surface area contributed by atoms with Gasteiger partial charge in [-0.05, 0) is 54.9 Å². The van der Waals surface area contributed by atoms with Crippen LogP contribution in [0, 0.1) is 11.2 Å². The number of amidine groups is 1. The summed E-state index contributed by atoms with van der Waals surface area (Å²) in [5.74, 6) is 0.255. The van der Waals surface area contributed by atoms with Gasteiger partial charge in [-0.15, -0.1) is 0 Å². The van der Waals surface area contributed by atoms with E-state index in [9.17, 15) is 9.50 Å². The molecule has 0 fully saturated rings. The molecule has 7 nitrogen and oxygen atoms in total. The number of aliphatic hydroxyl groups is 1. The molecule has 3 rings (SSSR count). The fourth-order valence-corrected chi connectivity index (χ4v) is 3.08. The molecule has 0 saturated heterocycles. The van der Waals surface area contributed by atoms with Crippen LogP contribution in [-0.4, -0.2) is 33.1 Å². The van der Waals surface area contributed by atoms with Gasteiger partial charge in [-0.2, -0.15) is 4.37 Å². The van der Waals surface area contributed by atoms with Crippen LogP contribution in [0.3, 0.4) is 0 Å². The molecule has 1 atom stereocenters. The Balaban J connectivity index is 1.72. The van der Waals surface area contributed by atoms with Crippen LogP contribution >= 0.6 is 11.5 Å². The SMILES string of the molecule is CC(CO)NC(=N)c1c(O)nsc1Nc1ccc(Oc2cccc(F)c2)cc1. The van der Waals surface area contributed by atoms with Crippen LogP contribution in [-0.2, 0) is 0 Å². The van der Waals surface area contributed by atoms with Gasteiger partial charge >= 0.3 is 0 Å². The molecule has 9 heteroatoms. The first-order valence-electron chi connectivity index (χ1n) is 8.41. The van der Waals surface area contributed by atoms with Crippen LogP contribution in [0.5, 0.6) is 17.4 Å². The molecule has 1 heterocycles. The van der Waals surface area contributed by atoms with Gasteiger partial charge in [0.2, 0.25) is 5.88 Å². The smallest absolute Gasteiger partial charge is 0.236 e. The average Bonchev–Trinajstić information content (AvgIpc) is 3.03.